The SMILES string of the molecule is O=c1[nH]c(=O)n(CCc2ccccc2)c(O)c1C=Nc1cccc2ccccc12. The minimum absolute atomic E-state index is 0.0504. The molecule has 0 spiro atoms. The Labute approximate surface area is 166 Å². The molecule has 0 amide bonds. The van der Waals surface area contributed by atoms with Gasteiger partial charge in [0.25, 0.3) is 5.56 Å². The van der Waals surface area contributed by atoms with Crippen LogP contribution in [0, 0.1) is 0 Å². The van der Waals surface area contributed by atoms with Crippen molar-refractivity contribution in [1.82, 2.24) is 9.55 Å². The molecule has 6 heteroatoms. The summed E-state index contributed by atoms with van der Waals surface area (Å²) < 4.78 is 1.15. The topological polar surface area (TPSA) is 87.5 Å². The molecule has 4 rings (SSSR count). The lowest BCUT2D eigenvalue weighted by atomic mass is 10.1. The number of nitrogens with one attached hydrogen (secondary N) is 1. The fraction of sp³-hybridized carbons (Fsp3) is 0.0870. The van der Waals surface area contributed by atoms with Crippen LogP contribution in [0.3, 0.4) is 0 Å². The fourth-order valence-corrected chi connectivity index (χ4v) is 3.24. The molecule has 0 saturated heterocycles. The van der Waals surface area contributed by atoms with Crippen LogP contribution in [0.4, 0.5) is 5.69 Å². The van der Waals surface area contributed by atoms with E-state index in [9.17, 15) is 14.7 Å². The Morgan fingerprint density at radius 2 is 1.66 bits per heavy atom. The van der Waals surface area contributed by atoms with Crippen molar-refractivity contribution in [1.29, 1.82) is 0 Å². The van der Waals surface area contributed by atoms with E-state index in [-0.39, 0.29) is 12.1 Å². The number of aromatic nitrogens is 2. The van der Waals surface area contributed by atoms with Gasteiger partial charge in [0.15, 0.2) is 0 Å². The molecular weight excluding hydrogens is 366 g/mol. The van der Waals surface area contributed by atoms with Gasteiger partial charge in [-0.3, -0.25) is 19.3 Å². The summed E-state index contributed by atoms with van der Waals surface area (Å²) in [5, 5.41) is 12.5. The standard InChI is InChI=1S/C23H19N3O3/c27-21-19(15-24-20-12-6-10-17-9-4-5-11-18(17)20)22(28)26(23(29)25-21)14-13-16-7-2-1-3-8-16/h1-12,15,28H,13-14H2,(H,25,27,29). The van der Waals surface area contributed by atoms with E-state index in [1.54, 1.807) is 0 Å². The zero-order chi connectivity index (χ0) is 20.2. The van der Waals surface area contributed by atoms with Crippen LogP contribution in [-0.4, -0.2) is 20.9 Å². The molecule has 0 aliphatic heterocycles. The van der Waals surface area contributed by atoms with Gasteiger partial charge in [-0.1, -0.05) is 66.7 Å². The van der Waals surface area contributed by atoms with Crippen LogP contribution in [0.5, 0.6) is 5.88 Å². The van der Waals surface area contributed by atoms with Crippen molar-refractivity contribution in [2.45, 2.75) is 13.0 Å². The van der Waals surface area contributed by atoms with E-state index in [2.05, 4.69) is 9.98 Å². The Balaban J connectivity index is 1.69. The van der Waals surface area contributed by atoms with Gasteiger partial charge in [-0.2, -0.15) is 0 Å². The number of H-pyrrole nitrogens is 1. The zero-order valence-electron chi connectivity index (χ0n) is 15.6. The molecule has 4 aromatic rings. The van der Waals surface area contributed by atoms with Gasteiger partial charge in [0.2, 0.25) is 5.88 Å². The lowest BCUT2D eigenvalue weighted by molar-refractivity contribution is 0.399. The number of nitrogens with zero attached hydrogens (tertiary/aromatic N) is 2. The molecule has 0 radical (unpaired) electrons. The third-order valence-electron chi connectivity index (χ3n) is 4.77. The van der Waals surface area contributed by atoms with Crippen LogP contribution in [0.25, 0.3) is 10.8 Å². The van der Waals surface area contributed by atoms with E-state index in [0.717, 1.165) is 20.9 Å². The lowest BCUT2D eigenvalue weighted by Gasteiger charge is -2.09. The maximum Gasteiger partial charge on any atom is 0.331 e. The van der Waals surface area contributed by atoms with Gasteiger partial charge in [-0.05, 0) is 23.4 Å². The summed E-state index contributed by atoms with van der Waals surface area (Å²) >= 11 is 0. The molecule has 1 heterocycles. The highest BCUT2D eigenvalue weighted by molar-refractivity contribution is 5.95. The van der Waals surface area contributed by atoms with Crippen LogP contribution >= 0.6 is 0 Å². The van der Waals surface area contributed by atoms with Gasteiger partial charge < -0.3 is 5.11 Å². The Morgan fingerprint density at radius 1 is 0.931 bits per heavy atom. The minimum atomic E-state index is -0.674. The third kappa shape index (κ3) is 3.87. The van der Waals surface area contributed by atoms with E-state index < -0.39 is 17.1 Å². The summed E-state index contributed by atoms with van der Waals surface area (Å²) in [6, 6.07) is 23.1. The predicted molar refractivity (Wildman–Crippen MR) is 114 cm³/mol. The number of rotatable bonds is 5. The van der Waals surface area contributed by atoms with Crippen molar-refractivity contribution in [2.75, 3.05) is 0 Å². The minimum Gasteiger partial charge on any atom is -0.494 e. The highest BCUT2D eigenvalue weighted by Gasteiger charge is 2.13. The molecule has 29 heavy (non-hydrogen) atoms. The molecule has 0 fully saturated rings. The third-order valence-corrected chi connectivity index (χ3v) is 4.77. The predicted octanol–water partition coefficient (Wildman–Crippen LogP) is 3.39. The summed E-state index contributed by atoms with van der Waals surface area (Å²) in [4.78, 5) is 31.1. The first kappa shape index (κ1) is 18.4. The molecule has 0 aliphatic rings. The number of aromatic amines is 1. The van der Waals surface area contributed by atoms with E-state index >= 15 is 0 Å². The van der Waals surface area contributed by atoms with Crippen LogP contribution in [-0.2, 0) is 13.0 Å². The molecule has 2 N–H and O–H groups in total. The zero-order valence-corrected chi connectivity index (χ0v) is 15.6. The van der Waals surface area contributed by atoms with Gasteiger partial charge in [0.1, 0.15) is 5.56 Å². The Kier molecular flexibility index (Phi) is 5.07. The van der Waals surface area contributed by atoms with E-state index in [1.807, 2.05) is 72.8 Å². The van der Waals surface area contributed by atoms with Crippen LogP contribution in [0.2, 0.25) is 0 Å². The lowest BCUT2D eigenvalue weighted by Crippen LogP contribution is -2.32. The first-order valence-electron chi connectivity index (χ1n) is 9.25. The van der Waals surface area contributed by atoms with Gasteiger partial charge in [-0.25, -0.2) is 4.79 Å². The Morgan fingerprint density at radius 3 is 2.48 bits per heavy atom. The molecule has 0 aliphatic carbocycles. The number of aliphatic imine (C=N–C) groups is 1. The van der Waals surface area contributed by atoms with E-state index in [4.69, 9.17) is 0 Å². The van der Waals surface area contributed by atoms with Crippen LogP contribution in [0.15, 0.2) is 87.4 Å². The summed E-state index contributed by atoms with van der Waals surface area (Å²) in [6.07, 6.45) is 1.84. The van der Waals surface area contributed by atoms with Crippen molar-refractivity contribution in [3.8, 4) is 5.88 Å². The molecular formula is C23H19N3O3. The largest absolute Gasteiger partial charge is 0.494 e. The van der Waals surface area contributed by atoms with Crippen molar-refractivity contribution < 1.29 is 5.11 Å². The number of aryl methyl sites for hydroxylation is 1. The monoisotopic (exact) mass is 385 g/mol. The molecule has 144 valence electrons. The highest BCUT2D eigenvalue weighted by atomic mass is 16.3. The van der Waals surface area contributed by atoms with E-state index in [0.29, 0.717) is 12.1 Å². The normalized spacial score (nSPS) is 11.3. The van der Waals surface area contributed by atoms with Crippen LogP contribution < -0.4 is 11.2 Å². The first-order chi connectivity index (χ1) is 14.1. The van der Waals surface area contributed by atoms with Crippen molar-refractivity contribution in [3.05, 3.63) is 105 Å². The highest BCUT2D eigenvalue weighted by Crippen LogP contribution is 2.25. The summed E-state index contributed by atoms with van der Waals surface area (Å²) in [5.41, 5.74) is 0.323. The smallest absolute Gasteiger partial charge is 0.331 e. The van der Waals surface area contributed by atoms with Crippen molar-refractivity contribution in [2.24, 2.45) is 4.99 Å². The summed E-state index contributed by atoms with van der Waals surface area (Å²) in [6.45, 7) is 0.237. The molecule has 3 aromatic carbocycles. The fourth-order valence-electron chi connectivity index (χ4n) is 3.24. The molecule has 0 atom stereocenters. The quantitative estimate of drug-likeness (QED) is 0.516. The second kappa shape index (κ2) is 7.98. The number of hydrogen-bond acceptors (Lipinski definition) is 4. The molecule has 0 bridgehead atoms. The maximum absolute atomic E-state index is 12.3. The number of aromatic hydroxyl groups is 1. The van der Waals surface area contributed by atoms with Gasteiger partial charge in [-0.15, -0.1) is 0 Å². The number of hydrogen-bond donors (Lipinski definition) is 2. The first-order valence-corrected chi connectivity index (χ1v) is 9.25. The van der Waals surface area contributed by atoms with Crippen LogP contribution in [0.1, 0.15) is 11.1 Å². The summed E-state index contributed by atoms with van der Waals surface area (Å²) in [5.74, 6) is -0.390. The Bertz CT molecular complexity index is 1300. The van der Waals surface area contributed by atoms with E-state index in [1.165, 1.54) is 6.21 Å². The average molecular weight is 385 g/mol. The molecule has 0 saturated carbocycles. The Hall–Kier alpha value is -3.93. The molecule has 0 unspecified atom stereocenters. The number of fused-ring (bicyclic) bond motifs is 1. The molecule has 1 aromatic heterocycles. The van der Waals surface area contributed by atoms with Crippen molar-refractivity contribution >= 4 is 22.7 Å². The van der Waals surface area contributed by atoms with Gasteiger partial charge >= 0.3 is 5.69 Å². The maximum atomic E-state index is 12.3. The van der Waals surface area contributed by atoms with Crippen molar-refractivity contribution in [3.63, 3.8) is 0 Å². The number of benzene rings is 3. The average Bonchev–Trinajstić information content (AvgIpc) is 2.74. The summed E-state index contributed by atoms with van der Waals surface area (Å²) in [7, 11) is 0. The van der Waals surface area contributed by atoms with Gasteiger partial charge in [0, 0.05) is 18.1 Å². The second-order valence-corrected chi connectivity index (χ2v) is 6.64. The second-order valence-electron chi connectivity index (χ2n) is 6.64. The van der Waals surface area contributed by atoms with Gasteiger partial charge in [0.05, 0.1) is 5.69 Å². The molecule has 6 nitrogen and oxygen atoms in total.